The second-order valence-corrected chi connectivity index (χ2v) is 4.97. The standard InChI is InChI=1S/C15H16N4O2/c20-15(21)11-4-3-5-12(8-11)18-13-9-14(17-10-16-13)19-6-1-2-7-19/h3-5,8-10H,1-2,6-7H2,(H,20,21)(H,16,17,18). The molecular formula is C15H16N4O2. The first-order chi connectivity index (χ1) is 10.2. The van der Waals surface area contributed by atoms with Gasteiger partial charge in [0.1, 0.15) is 18.0 Å². The maximum Gasteiger partial charge on any atom is 0.335 e. The molecular weight excluding hydrogens is 268 g/mol. The number of aromatic carboxylic acids is 1. The number of aromatic nitrogens is 2. The van der Waals surface area contributed by atoms with Crippen molar-refractivity contribution in [1.29, 1.82) is 0 Å². The van der Waals surface area contributed by atoms with Crippen LogP contribution in [0.4, 0.5) is 17.3 Å². The molecule has 1 aliphatic heterocycles. The van der Waals surface area contributed by atoms with Gasteiger partial charge in [-0.3, -0.25) is 0 Å². The molecule has 2 N–H and O–H groups in total. The maximum atomic E-state index is 11.0. The van der Waals surface area contributed by atoms with Crippen LogP contribution in [0.25, 0.3) is 0 Å². The number of nitrogens with zero attached hydrogens (tertiary/aromatic N) is 3. The van der Waals surface area contributed by atoms with Gasteiger partial charge in [0.15, 0.2) is 0 Å². The zero-order valence-corrected chi connectivity index (χ0v) is 11.5. The van der Waals surface area contributed by atoms with Crippen LogP contribution in [0.2, 0.25) is 0 Å². The van der Waals surface area contributed by atoms with Gasteiger partial charge in [-0.2, -0.15) is 0 Å². The van der Waals surface area contributed by atoms with Crippen LogP contribution in [-0.4, -0.2) is 34.1 Å². The van der Waals surface area contributed by atoms with Crippen molar-refractivity contribution in [3.63, 3.8) is 0 Å². The smallest absolute Gasteiger partial charge is 0.335 e. The topological polar surface area (TPSA) is 78.4 Å². The number of hydrogen-bond acceptors (Lipinski definition) is 5. The van der Waals surface area contributed by atoms with Crippen molar-refractivity contribution in [3.8, 4) is 0 Å². The molecule has 1 saturated heterocycles. The zero-order chi connectivity index (χ0) is 14.7. The summed E-state index contributed by atoms with van der Waals surface area (Å²) in [5, 5.41) is 12.1. The molecule has 0 aliphatic carbocycles. The van der Waals surface area contributed by atoms with Gasteiger partial charge in [-0.05, 0) is 31.0 Å². The third-order valence-corrected chi connectivity index (χ3v) is 3.46. The lowest BCUT2D eigenvalue weighted by molar-refractivity contribution is 0.0697. The molecule has 108 valence electrons. The van der Waals surface area contributed by atoms with Gasteiger partial charge in [0.25, 0.3) is 0 Å². The van der Waals surface area contributed by atoms with Crippen molar-refractivity contribution >= 4 is 23.3 Å². The molecule has 0 spiro atoms. The summed E-state index contributed by atoms with van der Waals surface area (Å²) in [6.45, 7) is 2.04. The first-order valence-corrected chi connectivity index (χ1v) is 6.90. The van der Waals surface area contributed by atoms with Crippen LogP contribution in [0, 0.1) is 0 Å². The largest absolute Gasteiger partial charge is 0.478 e. The summed E-state index contributed by atoms with van der Waals surface area (Å²) < 4.78 is 0. The van der Waals surface area contributed by atoms with Crippen molar-refractivity contribution in [2.24, 2.45) is 0 Å². The highest BCUT2D eigenvalue weighted by molar-refractivity contribution is 5.89. The van der Waals surface area contributed by atoms with E-state index < -0.39 is 5.97 Å². The van der Waals surface area contributed by atoms with Crippen LogP contribution in [0.5, 0.6) is 0 Å². The van der Waals surface area contributed by atoms with E-state index in [2.05, 4.69) is 20.2 Å². The van der Waals surface area contributed by atoms with Gasteiger partial charge >= 0.3 is 5.97 Å². The van der Waals surface area contributed by atoms with Gasteiger partial charge in [0.05, 0.1) is 5.56 Å². The van der Waals surface area contributed by atoms with Crippen LogP contribution < -0.4 is 10.2 Å². The van der Waals surface area contributed by atoms with E-state index in [9.17, 15) is 4.79 Å². The van der Waals surface area contributed by atoms with Gasteiger partial charge in [0.2, 0.25) is 0 Å². The fourth-order valence-corrected chi connectivity index (χ4v) is 2.41. The van der Waals surface area contributed by atoms with E-state index in [-0.39, 0.29) is 5.56 Å². The molecule has 0 bridgehead atoms. The molecule has 0 amide bonds. The Morgan fingerprint density at radius 3 is 2.76 bits per heavy atom. The van der Waals surface area contributed by atoms with Gasteiger partial charge in [-0.1, -0.05) is 6.07 Å². The van der Waals surface area contributed by atoms with Crippen LogP contribution in [0.15, 0.2) is 36.7 Å². The second kappa shape index (κ2) is 5.78. The normalized spacial score (nSPS) is 14.2. The van der Waals surface area contributed by atoms with Crippen LogP contribution in [-0.2, 0) is 0 Å². The lowest BCUT2D eigenvalue weighted by atomic mass is 10.2. The van der Waals surface area contributed by atoms with E-state index in [4.69, 9.17) is 5.11 Å². The highest BCUT2D eigenvalue weighted by Gasteiger charge is 2.14. The summed E-state index contributed by atoms with van der Waals surface area (Å²) in [5.41, 5.74) is 0.940. The molecule has 1 fully saturated rings. The lowest BCUT2D eigenvalue weighted by Crippen LogP contribution is -2.19. The SMILES string of the molecule is O=C(O)c1cccc(Nc2cc(N3CCCC3)ncn2)c1. The van der Waals surface area contributed by atoms with Crippen molar-refractivity contribution in [2.75, 3.05) is 23.3 Å². The van der Waals surface area contributed by atoms with Crippen LogP contribution in [0.3, 0.4) is 0 Å². The highest BCUT2D eigenvalue weighted by atomic mass is 16.4. The molecule has 2 heterocycles. The number of nitrogens with one attached hydrogen (secondary N) is 1. The predicted molar refractivity (Wildman–Crippen MR) is 80.2 cm³/mol. The number of carboxylic acid groups (broad SMARTS) is 1. The highest BCUT2D eigenvalue weighted by Crippen LogP contribution is 2.22. The molecule has 0 atom stereocenters. The number of rotatable bonds is 4. The van der Waals surface area contributed by atoms with Gasteiger partial charge in [0, 0.05) is 24.8 Å². The zero-order valence-electron chi connectivity index (χ0n) is 11.5. The van der Waals surface area contributed by atoms with Gasteiger partial charge in [-0.25, -0.2) is 14.8 Å². The Morgan fingerprint density at radius 1 is 1.19 bits per heavy atom. The molecule has 0 radical (unpaired) electrons. The Kier molecular flexibility index (Phi) is 3.68. The number of anilines is 3. The summed E-state index contributed by atoms with van der Waals surface area (Å²) in [7, 11) is 0. The third kappa shape index (κ3) is 3.10. The Hall–Kier alpha value is -2.63. The Balaban J connectivity index is 1.79. The Labute approximate surface area is 122 Å². The summed E-state index contributed by atoms with van der Waals surface area (Å²) in [4.78, 5) is 21.7. The molecule has 6 heteroatoms. The second-order valence-electron chi connectivity index (χ2n) is 4.97. The summed E-state index contributed by atoms with van der Waals surface area (Å²) >= 11 is 0. The number of carbonyl (C=O) groups is 1. The van der Waals surface area contributed by atoms with E-state index in [1.54, 1.807) is 18.2 Å². The minimum absolute atomic E-state index is 0.244. The van der Waals surface area contributed by atoms with Crippen molar-refractivity contribution in [3.05, 3.63) is 42.2 Å². The molecule has 0 saturated carbocycles. The summed E-state index contributed by atoms with van der Waals surface area (Å²) in [6, 6.07) is 8.54. The van der Waals surface area contributed by atoms with Crippen molar-refractivity contribution in [2.45, 2.75) is 12.8 Å². The molecule has 0 unspecified atom stereocenters. The minimum Gasteiger partial charge on any atom is -0.478 e. The molecule has 3 rings (SSSR count). The maximum absolute atomic E-state index is 11.0. The average molecular weight is 284 g/mol. The third-order valence-electron chi connectivity index (χ3n) is 3.46. The lowest BCUT2D eigenvalue weighted by Gasteiger charge is -2.16. The fourth-order valence-electron chi connectivity index (χ4n) is 2.41. The summed E-state index contributed by atoms with van der Waals surface area (Å²) in [5.74, 6) is 0.618. The Morgan fingerprint density at radius 2 is 2.00 bits per heavy atom. The van der Waals surface area contributed by atoms with Crippen molar-refractivity contribution in [1.82, 2.24) is 9.97 Å². The number of benzene rings is 1. The average Bonchev–Trinajstić information content (AvgIpc) is 3.02. The number of hydrogen-bond donors (Lipinski definition) is 2. The van der Waals surface area contributed by atoms with E-state index >= 15 is 0 Å². The first-order valence-electron chi connectivity index (χ1n) is 6.90. The van der Waals surface area contributed by atoms with E-state index in [0.29, 0.717) is 11.5 Å². The summed E-state index contributed by atoms with van der Waals surface area (Å²) in [6.07, 6.45) is 3.90. The van der Waals surface area contributed by atoms with Gasteiger partial charge in [-0.15, -0.1) is 0 Å². The van der Waals surface area contributed by atoms with Crippen molar-refractivity contribution < 1.29 is 9.90 Å². The first kappa shape index (κ1) is 13.4. The van der Waals surface area contributed by atoms with Crippen LogP contribution >= 0.6 is 0 Å². The molecule has 2 aromatic rings. The minimum atomic E-state index is -0.945. The van der Waals surface area contributed by atoms with Crippen LogP contribution in [0.1, 0.15) is 23.2 Å². The number of carboxylic acids is 1. The molecule has 21 heavy (non-hydrogen) atoms. The Bertz CT molecular complexity index is 654. The molecule has 1 aromatic carbocycles. The van der Waals surface area contributed by atoms with E-state index in [1.807, 2.05) is 12.1 Å². The molecule has 1 aromatic heterocycles. The quantitative estimate of drug-likeness (QED) is 0.898. The molecule has 1 aliphatic rings. The fraction of sp³-hybridized carbons (Fsp3) is 0.267. The van der Waals surface area contributed by atoms with E-state index in [1.165, 1.54) is 19.2 Å². The monoisotopic (exact) mass is 284 g/mol. The van der Waals surface area contributed by atoms with Gasteiger partial charge < -0.3 is 15.3 Å². The predicted octanol–water partition coefficient (Wildman–Crippen LogP) is 2.52. The van der Waals surface area contributed by atoms with E-state index in [0.717, 1.165) is 18.9 Å². The molecule has 6 nitrogen and oxygen atoms in total.